The second kappa shape index (κ2) is 6.31. The van der Waals surface area contributed by atoms with Gasteiger partial charge in [-0.05, 0) is 42.2 Å². The highest BCUT2D eigenvalue weighted by Gasteiger charge is 2.12. The molecule has 0 unspecified atom stereocenters. The molecule has 0 aliphatic carbocycles. The first-order valence-electron chi connectivity index (χ1n) is 6.97. The highest BCUT2D eigenvalue weighted by Crippen LogP contribution is 2.30. The smallest absolute Gasteiger partial charge is 0.126 e. The van der Waals surface area contributed by atoms with Gasteiger partial charge in [0.15, 0.2) is 0 Å². The Labute approximate surface area is 126 Å². The van der Waals surface area contributed by atoms with Crippen LogP contribution in [-0.4, -0.2) is 11.5 Å². The SMILES string of the molecule is CCNc1cc(Sc2ccc(C(C)(C)C)cc2)ccn1. The molecule has 2 rings (SSSR count). The van der Waals surface area contributed by atoms with Crippen molar-refractivity contribution in [1.82, 2.24) is 4.98 Å². The van der Waals surface area contributed by atoms with Crippen LogP contribution in [0, 0.1) is 0 Å². The van der Waals surface area contributed by atoms with Gasteiger partial charge < -0.3 is 5.32 Å². The fourth-order valence-electron chi connectivity index (χ4n) is 1.91. The predicted octanol–water partition coefficient (Wildman–Crippen LogP) is 4.96. The van der Waals surface area contributed by atoms with Gasteiger partial charge in [0.2, 0.25) is 0 Å². The number of anilines is 1. The van der Waals surface area contributed by atoms with Crippen LogP contribution in [-0.2, 0) is 5.41 Å². The summed E-state index contributed by atoms with van der Waals surface area (Å²) in [6.45, 7) is 9.68. The molecule has 0 fully saturated rings. The Morgan fingerprint density at radius 3 is 2.35 bits per heavy atom. The molecule has 0 saturated carbocycles. The summed E-state index contributed by atoms with van der Waals surface area (Å²) < 4.78 is 0. The van der Waals surface area contributed by atoms with Crippen molar-refractivity contribution < 1.29 is 0 Å². The number of hydrogen-bond donors (Lipinski definition) is 1. The maximum absolute atomic E-state index is 4.29. The molecule has 0 aliphatic heterocycles. The molecule has 20 heavy (non-hydrogen) atoms. The van der Waals surface area contributed by atoms with Gasteiger partial charge in [0.05, 0.1) is 0 Å². The van der Waals surface area contributed by atoms with Crippen LogP contribution < -0.4 is 5.32 Å². The number of rotatable bonds is 4. The summed E-state index contributed by atoms with van der Waals surface area (Å²) >= 11 is 1.77. The van der Waals surface area contributed by atoms with E-state index in [4.69, 9.17) is 0 Å². The van der Waals surface area contributed by atoms with Crippen LogP contribution in [0.5, 0.6) is 0 Å². The maximum atomic E-state index is 4.29. The summed E-state index contributed by atoms with van der Waals surface area (Å²) in [7, 11) is 0. The molecule has 106 valence electrons. The molecule has 1 N–H and O–H groups in total. The molecule has 3 heteroatoms. The molecule has 2 nitrogen and oxygen atoms in total. The molecule has 0 radical (unpaired) electrons. The average molecular weight is 286 g/mol. The van der Waals surface area contributed by atoms with E-state index in [1.165, 1.54) is 15.4 Å². The van der Waals surface area contributed by atoms with Gasteiger partial charge in [0.1, 0.15) is 5.82 Å². The van der Waals surface area contributed by atoms with Crippen LogP contribution in [0.15, 0.2) is 52.4 Å². The van der Waals surface area contributed by atoms with Gasteiger partial charge in [-0.1, -0.05) is 44.7 Å². The Morgan fingerprint density at radius 1 is 1.05 bits per heavy atom. The Bertz CT molecular complexity index is 556. The van der Waals surface area contributed by atoms with Crippen LogP contribution in [0.3, 0.4) is 0 Å². The normalized spacial score (nSPS) is 11.4. The van der Waals surface area contributed by atoms with E-state index in [1.807, 2.05) is 12.3 Å². The highest BCUT2D eigenvalue weighted by molar-refractivity contribution is 7.99. The summed E-state index contributed by atoms with van der Waals surface area (Å²) in [4.78, 5) is 6.76. The first-order chi connectivity index (χ1) is 9.49. The third-order valence-electron chi connectivity index (χ3n) is 3.05. The highest BCUT2D eigenvalue weighted by atomic mass is 32.2. The van der Waals surface area contributed by atoms with Crippen LogP contribution in [0.25, 0.3) is 0 Å². The topological polar surface area (TPSA) is 24.9 Å². The van der Waals surface area contributed by atoms with Crippen molar-refractivity contribution in [2.75, 3.05) is 11.9 Å². The molecular weight excluding hydrogens is 264 g/mol. The summed E-state index contributed by atoms with van der Waals surface area (Å²) in [5.74, 6) is 0.934. The summed E-state index contributed by atoms with van der Waals surface area (Å²) in [5, 5.41) is 3.24. The van der Waals surface area contributed by atoms with Gasteiger partial charge in [-0.15, -0.1) is 0 Å². The molecule has 0 bridgehead atoms. The van der Waals surface area contributed by atoms with Crippen molar-refractivity contribution in [2.24, 2.45) is 0 Å². The molecule has 0 saturated heterocycles. The number of aromatic nitrogens is 1. The van der Waals surface area contributed by atoms with Crippen LogP contribution >= 0.6 is 11.8 Å². The molecular formula is C17H22N2S. The van der Waals surface area contributed by atoms with Gasteiger partial charge in [0, 0.05) is 22.5 Å². The summed E-state index contributed by atoms with van der Waals surface area (Å²) in [5.41, 5.74) is 1.57. The fourth-order valence-corrected chi connectivity index (χ4v) is 2.76. The molecule has 2 aromatic rings. The predicted molar refractivity (Wildman–Crippen MR) is 87.7 cm³/mol. The fraction of sp³-hybridized carbons (Fsp3) is 0.353. The van der Waals surface area contributed by atoms with E-state index >= 15 is 0 Å². The van der Waals surface area contributed by atoms with Crippen LogP contribution in [0.1, 0.15) is 33.3 Å². The van der Waals surface area contributed by atoms with E-state index in [1.54, 1.807) is 11.8 Å². The Balaban J connectivity index is 2.12. The van der Waals surface area contributed by atoms with Gasteiger partial charge in [-0.2, -0.15) is 0 Å². The molecule has 1 aromatic carbocycles. The minimum atomic E-state index is 0.206. The van der Waals surface area contributed by atoms with Gasteiger partial charge in [-0.3, -0.25) is 0 Å². The first kappa shape index (κ1) is 14.9. The molecule has 0 spiro atoms. The average Bonchev–Trinajstić information content (AvgIpc) is 2.39. The van der Waals surface area contributed by atoms with Crippen molar-refractivity contribution in [2.45, 2.75) is 42.9 Å². The van der Waals surface area contributed by atoms with E-state index < -0.39 is 0 Å². The quantitative estimate of drug-likeness (QED) is 0.859. The third kappa shape index (κ3) is 4.01. The lowest BCUT2D eigenvalue weighted by Crippen LogP contribution is -2.10. The zero-order chi connectivity index (χ0) is 14.6. The monoisotopic (exact) mass is 286 g/mol. The molecule has 0 aliphatic rings. The van der Waals surface area contributed by atoms with Crippen molar-refractivity contribution in [3.05, 3.63) is 48.2 Å². The van der Waals surface area contributed by atoms with Crippen molar-refractivity contribution in [3.8, 4) is 0 Å². The molecule has 0 atom stereocenters. The van der Waals surface area contributed by atoms with E-state index in [0.717, 1.165) is 12.4 Å². The molecule has 0 amide bonds. The van der Waals surface area contributed by atoms with Crippen molar-refractivity contribution in [1.29, 1.82) is 0 Å². The number of benzene rings is 1. The van der Waals surface area contributed by atoms with Crippen molar-refractivity contribution in [3.63, 3.8) is 0 Å². The second-order valence-electron chi connectivity index (χ2n) is 5.78. The van der Waals surface area contributed by atoms with Crippen molar-refractivity contribution >= 4 is 17.6 Å². The lowest BCUT2D eigenvalue weighted by atomic mass is 9.87. The van der Waals surface area contributed by atoms with Crippen LogP contribution in [0.2, 0.25) is 0 Å². The lowest BCUT2D eigenvalue weighted by molar-refractivity contribution is 0.590. The zero-order valence-electron chi connectivity index (χ0n) is 12.6. The number of hydrogen-bond acceptors (Lipinski definition) is 3. The lowest BCUT2D eigenvalue weighted by Gasteiger charge is -2.19. The van der Waals surface area contributed by atoms with Gasteiger partial charge in [-0.25, -0.2) is 4.98 Å². The minimum Gasteiger partial charge on any atom is -0.370 e. The third-order valence-corrected chi connectivity index (χ3v) is 4.04. The Morgan fingerprint density at radius 2 is 1.75 bits per heavy atom. The van der Waals surface area contributed by atoms with E-state index in [2.05, 4.69) is 68.3 Å². The number of nitrogens with zero attached hydrogens (tertiary/aromatic N) is 1. The second-order valence-corrected chi connectivity index (χ2v) is 6.93. The summed E-state index contributed by atoms with van der Waals surface area (Å²) in [6.07, 6.45) is 1.85. The van der Waals surface area contributed by atoms with Gasteiger partial charge in [0.25, 0.3) is 0 Å². The van der Waals surface area contributed by atoms with Gasteiger partial charge >= 0.3 is 0 Å². The first-order valence-corrected chi connectivity index (χ1v) is 7.79. The Kier molecular flexibility index (Phi) is 4.71. The van der Waals surface area contributed by atoms with Crippen LogP contribution in [0.4, 0.5) is 5.82 Å². The van der Waals surface area contributed by atoms with E-state index in [0.29, 0.717) is 0 Å². The number of nitrogens with one attached hydrogen (secondary N) is 1. The standard InChI is InChI=1S/C17H22N2S/c1-5-18-16-12-15(10-11-19-16)20-14-8-6-13(7-9-14)17(2,3)4/h6-12H,5H2,1-4H3,(H,18,19). The number of pyridine rings is 1. The minimum absolute atomic E-state index is 0.206. The molecule has 1 aromatic heterocycles. The largest absolute Gasteiger partial charge is 0.370 e. The summed E-state index contributed by atoms with van der Waals surface area (Å²) in [6, 6.07) is 13.0. The molecule has 1 heterocycles. The van der Waals surface area contributed by atoms with E-state index in [9.17, 15) is 0 Å². The zero-order valence-corrected chi connectivity index (χ0v) is 13.4. The van der Waals surface area contributed by atoms with E-state index in [-0.39, 0.29) is 5.41 Å². The maximum Gasteiger partial charge on any atom is 0.126 e. The Hall–Kier alpha value is -1.48.